The van der Waals surface area contributed by atoms with Crippen LogP contribution in [0, 0.1) is 6.92 Å². The molecule has 0 atom stereocenters. The van der Waals surface area contributed by atoms with Crippen molar-refractivity contribution in [3.8, 4) is 0 Å². The minimum atomic E-state index is -0.958. The number of rotatable bonds is 1. The Morgan fingerprint density at radius 2 is 2.14 bits per heavy atom. The van der Waals surface area contributed by atoms with Gasteiger partial charge in [-0.3, -0.25) is 4.98 Å². The van der Waals surface area contributed by atoms with E-state index in [4.69, 9.17) is 0 Å². The van der Waals surface area contributed by atoms with E-state index in [1.807, 2.05) is 23.7 Å². The second-order valence-electron chi connectivity index (χ2n) is 3.95. The van der Waals surface area contributed by atoms with Crippen molar-refractivity contribution in [2.75, 3.05) is 0 Å². The monoisotopic (exact) mass is 191 g/mol. The highest BCUT2D eigenvalue weighted by atomic mass is 16.3. The van der Waals surface area contributed by atoms with Crippen molar-refractivity contribution in [1.29, 1.82) is 0 Å². The molecule has 0 amide bonds. The lowest BCUT2D eigenvalue weighted by molar-refractivity contribution is 0.0749. The molecule has 2 heterocycles. The van der Waals surface area contributed by atoms with Crippen molar-refractivity contribution in [3.05, 3.63) is 30.0 Å². The molecule has 0 saturated carbocycles. The van der Waals surface area contributed by atoms with Gasteiger partial charge in [0.15, 0.2) is 5.65 Å². The maximum absolute atomic E-state index is 9.88. The fraction of sp³-hybridized carbons (Fsp3) is 0.400. The quantitative estimate of drug-likeness (QED) is 0.738. The Hall–Kier alpha value is -1.42. The summed E-state index contributed by atoms with van der Waals surface area (Å²) in [6.07, 6.45) is 5.40. The fourth-order valence-electron chi connectivity index (χ4n) is 1.47. The number of hydrogen-bond donors (Lipinski definition) is 1. The predicted molar refractivity (Wildman–Crippen MR) is 53.0 cm³/mol. The van der Waals surface area contributed by atoms with Crippen molar-refractivity contribution < 1.29 is 5.11 Å². The minimum absolute atomic E-state index is 0.605. The summed E-state index contributed by atoms with van der Waals surface area (Å²) in [5.41, 5.74) is 1.29. The van der Waals surface area contributed by atoms with Crippen molar-refractivity contribution in [1.82, 2.24) is 14.4 Å². The molecule has 0 spiro atoms. The van der Waals surface area contributed by atoms with Gasteiger partial charge in [0.05, 0.1) is 5.69 Å². The smallest absolute Gasteiger partial charge is 0.161 e. The number of aryl methyl sites for hydroxylation is 1. The molecular weight excluding hydrogens is 178 g/mol. The summed E-state index contributed by atoms with van der Waals surface area (Å²) in [4.78, 5) is 8.48. The molecule has 14 heavy (non-hydrogen) atoms. The third-order valence-corrected chi connectivity index (χ3v) is 2.07. The molecule has 4 nitrogen and oxygen atoms in total. The lowest BCUT2D eigenvalue weighted by Gasteiger charge is -2.16. The highest BCUT2D eigenvalue weighted by Crippen LogP contribution is 2.21. The maximum atomic E-state index is 9.88. The molecule has 0 fully saturated rings. The van der Waals surface area contributed by atoms with E-state index in [-0.39, 0.29) is 0 Å². The van der Waals surface area contributed by atoms with Crippen LogP contribution in [0.1, 0.15) is 25.2 Å². The number of hydrogen-bond acceptors (Lipinski definition) is 3. The molecule has 0 aliphatic heterocycles. The summed E-state index contributed by atoms with van der Waals surface area (Å²) in [6, 6.07) is 0. The van der Waals surface area contributed by atoms with Gasteiger partial charge in [-0.05, 0) is 20.8 Å². The van der Waals surface area contributed by atoms with Gasteiger partial charge in [0.25, 0.3) is 0 Å². The van der Waals surface area contributed by atoms with Gasteiger partial charge in [-0.25, -0.2) is 4.98 Å². The lowest BCUT2D eigenvalue weighted by Crippen LogP contribution is -2.18. The van der Waals surface area contributed by atoms with Crippen LogP contribution in [0.25, 0.3) is 5.65 Å². The van der Waals surface area contributed by atoms with E-state index >= 15 is 0 Å². The molecule has 2 rings (SSSR count). The number of aliphatic hydroxyl groups is 1. The van der Waals surface area contributed by atoms with E-state index in [1.165, 1.54) is 0 Å². The van der Waals surface area contributed by atoms with Crippen LogP contribution in [-0.2, 0) is 5.60 Å². The van der Waals surface area contributed by atoms with E-state index in [9.17, 15) is 5.11 Å². The third-order valence-electron chi connectivity index (χ3n) is 2.07. The Kier molecular flexibility index (Phi) is 1.82. The van der Waals surface area contributed by atoms with Crippen molar-refractivity contribution in [3.63, 3.8) is 0 Å². The average Bonchev–Trinajstić information content (AvgIpc) is 2.41. The van der Waals surface area contributed by atoms with E-state index in [0.717, 1.165) is 11.3 Å². The summed E-state index contributed by atoms with van der Waals surface area (Å²) in [5, 5.41) is 9.88. The van der Waals surface area contributed by atoms with Gasteiger partial charge >= 0.3 is 0 Å². The van der Waals surface area contributed by atoms with Crippen LogP contribution in [0.4, 0.5) is 0 Å². The van der Waals surface area contributed by atoms with Crippen LogP contribution in [0.3, 0.4) is 0 Å². The number of fused-ring (bicyclic) bond motifs is 1. The summed E-state index contributed by atoms with van der Waals surface area (Å²) in [5.74, 6) is 0. The van der Waals surface area contributed by atoms with Crippen LogP contribution in [0.15, 0.2) is 18.6 Å². The van der Waals surface area contributed by atoms with E-state index in [1.54, 1.807) is 20.0 Å². The maximum Gasteiger partial charge on any atom is 0.161 e. The summed E-state index contributed by atoms with van der Waals surface area (Å²) < 4.78 is 1.87. The van der Waals surface area contributed by atoms with Crippen LogP contribution < -0.4 is 0 Å². The minimum Gasteiger partial charge on any atom is -0.384 e. The largest absolute Gasteiger partial charge is 0.384 e. The van der Waals surface area contributed by atoms with Gasteiger partial charge in [-0.2, -0.15) is 0 Å². The zero-order valence-electron chi connectivity index (χ0n) is 8.52. The summed E-state index contributed by atoms with van der Waals surface area (Å²) >= 11 is 0. The van der Waals surface area contributed by atoms with Crippen molar-refractivity contribution in [2.24, 2.45) is 0 Å². The Bertz CT molecular complexity index is 468. The van der Waals surface area contributed by atoms with Gasteiger partial charge in [-0.1, -0.05) is 0 Å². The first-order valence-electron chi connectivity index (χ1n) is 4.51. The molecule has 0 radical (unpaired) electrons. The van der Waals surface area contributed by atoms with Gasteiger partial charge < -0.3 is 9.51 Å². The molecule has 74 valence electrons. The normalized spacial score (nSPS) is 12.3. The predicted octanol–water partition coefficient (Wildman–Crippen LogP) is 1.27. The number of aromatic nitrogens is 3. The molecule has 0 saturated heterocycles. The van der Waals surface area contributed by atoms with Crippen molar-refractivity contribution >= 4 is 5.65 Å². The van der Waals surface area contributed by atoms with Gasteiger partial charge in [-0.15, -0.1) is 0 Å². The summed E-state index contributed by atoms with van der Waals surface area (Å²) in [7, 11) is 0. The van der Waals surface area contributed by atoms with E-state index < -0.39 is 5.60 Å². The SMILES string of the molecule is Cc1cn2ccnc(C(C)(C)O)c2n1. The molecule has 1 N–H and O–H groups in total. The standard InChI is InChI=1S/C10H13N3O/c1-7-6-13-5-4-11-8(9(13)12-7)10(2,3)14/h4-6,14H,1-3H3. The van der Waals surface area contributed by atoms with Crippen molar-refractivity contribution in [2.45, 2.75) is 26.4 Å². The topological polar surface area (TPSA) is 50.4 Å². The third kappa shape index (κ3) is 1.37. The Labute approximate surface area is 82.2 Å². The molecule has 0 unspecified atom stereocenters. The molecule has 4 heteroatoms. The highest BCUT2D eigenvalue weighted by Gasteiger charge is 2.22. The molecule has 0 aliphatic carbocycles. The van der Waals surface area contributed by atoms with Crippen LogP contribution in [-0.4, -0.2) is 19.5 Å². The Morgan fingerprint density at radius 3 is 2.79 bits per heavy atom. The highest BCUT2D eigenvalue weighted by molar-refractivity contribution is 5.47. The van der Waals surface area contributed by atoms with Crippen LogP contribution >= 0.6 is 0 Å². The zero-order chi connectivity index (χ0) is 10.3. The Balaban J connectivity index is 2.77. The first-order chi connectivity index (χ1) is 6.48. The second kappa shape index (κ2) is 2.78. The average molecular weight is 191 g/mol. The zero-order valence-corrected chi connectivity index (χ0v) is 8.52. The molecule has 0 aromatic carbocycles. The molecule has 0 aliphatic rings. The van der Waals surface area contributed by atoms with E-state index in [0.29, 0.717) is 5.69 Å². The van der Waals surface area contributed by atoms with Gasteiger partial charge in [0.1, 0.15) is 11.3 Å². The second-order valence-corrected chi connectivity index (χ2v) is 3.95. The fourth-order valence-corrected chi connectivity index (χ4v) is 1.47. The molecule has 2 aromatic rings. The molecule has 2 aromatic heterocycles. The first-order valence-corrected chi connectivity index (χ1v) is 4.51. The lowest BCUT2D eigenvalue weighted by atomic mass is 10.1. The molecule has 0 bridgehead atoms. The van der Waals surface area contributed by atoms with Crippen LogP contribution in [0.5, 0.6) is 0 Å². The van der Waals surface area contributed by atoms with Gasteiger partial charge in [0, 0.05) is 18.6 Å². The first kappa shape index (κ1) is 9.15. The van der Waals surface area contributed by atoms with E-state index in [2.05, 4.69) is 9.97 Å². The Morgan fingerprint density at radius 1 is 1.43 bits per heavy atom. The number of nitrogens with zero attached hydrogens (tertiary/aromatic N) is 3. The van der Waals surface area contributed by atoms with Gasteiger partial charge in [0.2, 0.25) is 0 Å². The van der Waals surface area contributed by atoms with Crippen LogP contribution in [0.2, 0.25) is 0 Å². The number of imidazole rings is 1. The summed E-state index contributed by atoms with van der Waals surface area (Å²) in [6.45, 7) is 5.33. The molecular formula is C10H13N3O.